The van der Waals surface area contributed by atoms with Crippen LogP contribution in [0.4, 0.5) is 0 Å². The van der Waals surface area contributed by atoms with Gasteiger partial charge in [0.1, 0.15) is 5.52 Å². The van der Waals surface area contributed by atoms with Crippen LogP contribution in [0.1, 0.15) is 22.5 Å². The Hall–Kier alpha value is -2.94. The lowest BCUT2D eigenvalue weighted by atomic mass is 10.0. The lowest BCUT2D eigenvalue weighted by Crippen LogP contribution is -2.39. The molecule has 2 aromatic heterocycles. The van der Waals surface area contributed by atoms with Crippen molar-refractivity contribution in [2.24, 2.45) is 7.05 Å². The third-order valence-electron chi connectivity index (χ3n) is 5.31. The van der Waals surface area contributed by atoms with Crippen LogP contribution in [0.25, 0.3) is 27.7 Å². The van der Waals surface area contributed by atoms with Gasteiger partial charge >= 0.3 is 0 Å². The zero-order valence-electron chi connectivity index (χ0n) is 14.7. The molecule has 1 aliphatic carbocycles. The van der Waals surface area contributed by atoms with E-state index in [2.05, 4.69) is 85.0 Å². The Labute approximate surface area is 147 Å². The van der Waals surface area contributed by atoms with Crippen LogP contribution in [0.2, 0.25) is 0 Å². The summed E-state index contributed by atoms with van der Waals surface area (Å²) < 4.78 is 4.48. The van der Waals surface area contributed by atoms with Crippen LogP contribution in [0.5, 0.6) is 0 Å². The Morgan fingerprint density at radius 1 is 1.00 bits per heavy atom. The number of rotatable bonds is 1. The smallest absolute Gasteiger partial charge is 0.238 e. The predicted molar refractivity (Wildman–Crippen MR) is 100.0 cm³/mol. The van der Waals surface area contributed by atoms with E-state index in [9.17, 15) is 0 Å². The second-order valence-corrected chi connectivity index (χ2v) is 6.98. The van der Waals surface area contributed by atoms with E-state index in [0.717, 1.165) is 12.1 Å². The normalized spacial score (nSPS) is 12.4. The summed E-state index contributed by atoms with van der Waals surface area (Å²) in [5, 5.41) is 1.26. The van der Waals surface area contributed by atoms with Gasteiger partial charge in [-0.1, -0.05) is 28.9 Å². The van der Waals surface area contributed by atoms with E-state index >= 15 is 0 Å². The first-order valence-electron chi connectivity index (χ1n) is 8.69. The number of hydrogen-bond acceptors (Lipinski definition) is 1. The van der Waals surface area contributed by atoms with Gasteiger partial charge in [-0.05, 0) is 43.2 Å². The van der Waals surface area contributed by atoms with Crippen LogP contribution in [0.15, 0.2) is 54.7 Å². The SMILES string of the molecule is Cc1ccc2c(n1)Cc1cc3c(cc1-2)c[n+](-c1ccccc1C)n3C. The van der Waals surface area contributed by atoms with Gasteiger partial charge in [0, 0.05) is 29.3 Å². The van der Waals surface area contributed by atoms with Crippen LogP contribution in [-0.2, 0) is 13.5 Å². The molecule has 0 saturated heterocycles. The highest BCUT2D eigenvalue weighted by molar-refractivity contribution is 5.89. The van der Waals surface area contributed by atoms with E-state index in [1.165, 1.54) is 44.5 Å². The molecular weight excluding hydrogens is 306 g/mol. The molecule has 5 rings (SSSR count). The number of nitrogens with zero attached hydrogens (tertiary/aromatic N) is 3. The lowest BCUT2D eigenvalue weighted by molar-refractivity contribution is -0.680. The minimum Gasteiger partial charge on any atom is -0.257 e. The summed E-state index contributed by atoms with van der Waals surface area (Å²) in [4.78, 5) is 4.73. The molecule has 0 unspecified atom stereocenters. The fraction of sp³-hybridized carbons (Fsp3) is 0.182. The van der Waals surface area contributed by atoms with Gasteiger partial charge in [0.25, 0.3) is 0 Å². The standard InChI is InChI=1S/C22H20N3/c1-14-6-4-5-7-21(14)25-13-17-10-19-16(12-22(17)24(25)3)11-20-18(19)9-8-15(2)23-20/h4-10,12-13H,11H2,1-3H3/q+1. The minimum atomic E-state index is 0.928. The third-order valence-corrected chi connectivity index (χ3v) is 5.31. The predicted octanol–water partition coefficient (Wildman–Crippen LogP) is 4.04. The lowest BCUT2D eigenvalue weighted by Gasteiger charge is -2.02. The van der Waals surface area contributed by atoms with Crippen molar-refractivity contribution in [1.82, 2.24) is 9.67 Å². The van der Waals surface area contributed by atoms with Crippen molar-refractivity contribution < 1.29 is 4.68 Å². The maximum atomic E-state index is 4.73. The molecule has 0 fully saturated rings. The summed E-state index contributed by atoms with van der Waals surface area (Å²) in [6.45, 7) is 4.22. The van der Waals surface area contributed by atoms with Gasteiger partial charge in [-0.15, -0.1) is 0 Å². The molecule has 0 amide bonds. The van der Waals surface area contributed by atoms with Crippen molar-refractivity contribution in [3.63, 3.8) is 0 Å². The molecule has 0 saturated carbocycles. The quantitative estimate of drug-likeness (QED) is 0.426. The summed E-state index contributed by atoms with van der Waals surface area (Å²) in [5.41, 5.74) is 10.0. The van der Waals surface area contributed by atoms with Crippen molar-refractivity contribution in [3.8, 4) is 16.8 Å². The van der Waals surface area contributed by atoms with E-state index in [1.807, 2.05) is 0 Å². The molecule has 25 heavy (non-hydrogen) atoms. The summed E-state index contributed by atoms with van der Waals surface area (Å²) in [5.74, 6) is 0. The number of para-hydroxylation sites is 1. The number of benzene rings is 2. The van der Waals surface area contributed by atoms with Crippen molar-refractivity contribution in [2.75, 3.05) is 0 Å². The van der Waals surface area contributed by atoms with Crippen LogP contribution in [-0.4, -0.2) is 9.67 Å². The third kappa shape index (κ3) is 2.05. The molecule has 3 nitrogen and oxygen atoms in total. The molecule has 3 heteroatoms. The van der Waals surface area contributed by atoms with Gasteiger partial charge < -0.3 is 0 Å². The zero-order chi connectivity index (χ0) is 17.1. The Balaban J connectivity index is 1.74. The molecule has 0 atom stereocenters. The first-order valence-corrected chi connectivity index (χ1v) is 8.69. The average molecular weight is 326 g/mol. The number of aromatic nitrogens is 3. The second kappa shape index (κ2) is 5.03. The molecule has 122 valence electrons. The Morgan fingerprint density at radius 3 is 2.68 bits per heavy atom. The summed E-state index contributed by atoms with van der Waals surface area (Å²) in [6.07, 6.45) is 3.16. The van der Waals surface area contributed by atoms with E-state index in [-0.39, 0.29) is 0 Å². The van der Waals surface area contributed by atoms with E-state index in [1.54, 1.807) is 0 Å². The number of pyridine rings is 1. The largest absolute Gasteiger partial charge is 0.257 e. The first kappa shape index (κ1) is 14.4. The maximum absolute atomic E-state index is 4.73. The van der Waals surface area contributed by atoms with Gasteiger partial charge in [0.05, 0.1) is 18.1 Å². The van der Waals surface area contributed by atoms with Gasteiger partial charge in [-0.2, -0.15) is 4.68 Å². The second-order valence-electron chi connectivity index (χ2n) is 6.98. The molecule has 0 N–H and O–H groups in total. The highest BCUT2D eigenvalue weighted by Gasteiger charge is 2.24. The van der Waals surface area contributed by atoms with Gasteiger partial charge in [0.2, 0.25) is 11.9 Å². The molecule has 4 aromatic rings. The molecular formula is C22H20N3+. The van der Waals surface area contributed by atoms with Crippen molar-refractivity contribution in [3.05, 3.63) is 77.2 Å². The van der Waals surface area contributed by atoms with Gasteiger partial charge in [-0.3, -0.25) is 4.98 Å². The fourth-order valence-corrected chi connectivity index (χ4v) is 3.99. The first-order chi connectivity index (χ1) is 12.1. The Kier molecular flexibility index (Phi) is 2.90. The minimum absolute atomic E-state index is 0.928. The van der Waals surface area contributed by atoms with Crippen molar-refractivity contribution >= 4 is 10.9 Å². The highest BCUT2D eigenvalue weighted by Crippen LogP contribution is 2.37. The Bertz CT molecular complexity index is 1150. The molecule has 2 heterocycles. The highest BCUT2D eigenvalue weighted by atomic mass is 15.4. The fourth-order valence-electron chi connectivity index (χ4n) is 3.99. The number of hydrogen-bond donors (Lipinski definition) is 0. The van der Waals surface area contributed by atoms with Crippen molar-refractivity contribution in [1.29, 1.82) is 0 Å². The van der Waals surface area contributed by atoms with Gasteiger partial charge in [0.15, 0.2) is 0 Å². The van der Waals surface area contributed by atoms with Crippen LogP contribution >= 0.6 is 0 Å². The monoisotopic (exact) mass is 326 g/mol. The van der Waals surface area contributed by atoms with Crippen LogP contribution in [0.3, 0.4) is 0 Å². The molecule has 0 radical (unpaired) electrons. The maximum Gasteiger partial charge on any atom is 0.238 e. The average Bonchev–Trinajstić information content (AvgIpc) is 3.10. The zero-order valence-corrected chi connectivity index (χ0v) is 14.7. The van der Waals surface area contributed by atoms with E-state index in [4.69, 9.17) is 4.98 Å². The van der Waals surface area contributed by atoms with Crippen molar-refractivity contribution in [2.45, 2.75) is 20.3 Å². The van der Waals surface area contributed by atoms with Crippen LogP contribution in [0, 0.1) is 13.8 Å². The topological polar surface area (TPSA) is 21.7 Å². The number of aryl methyl sites for hydroxylation is 3. The molecule has 0 bridgehead atoms. The van der Waals surface area contributed by atoms with Crippen LogP contribution < -0.4 is 4.68 Å². The number of fused-ring (bicyclic) bond motifs is 4. The molecule has 1 aliphatic rings. The summed E-state index contributed by atoms with van der Waals surface area (Å²) in [7, 11) is 2.13. The Morgan fingerprint density at radius 2 is 1.84 bits per heavy atom. The van der Waals surface area contributed by atoms with E-state index < -0.39 is 0 Å². The summed E-state index contributed by atoms with van der Waals surface area (Å²) in [6, 6.07) is 17.5. The molecule has 0 aliphatic heterocycles. The van der Waals surface area contributed by atoms with Gasteiger partial charge in [-0.25, -0.2) is 0 Å². The molecule has 0 spiro atoms. The summed E-state index contributed by atoms with van der Waals surface area (Å²) >= 11 is 0. The van der Waals surface area contributed by atoms with E-state index in [0.29, 0.717) is 0 Å². The molecule has 2 aromatic carbocycles.